The molecular formula is C18H24O2. The molecule has 0 amide bonds. The maximum atomic E-state index is 12.1. The number of carbonyl (C=O) groups excluding carboxylic acids is 1. The maximum Gasteiger partial charge on any atom is 0.198 e. The van der Waals surface area contributed by atoms with E-state index < -0.39 is 0 Å². The van der Waals surface area contributed by atoms with E-state index >= 15 is 0 Å². The number of para-hydroxylation sites is 1. The van der Waals surface area contributed by atoms with Gasteiger partial charge in [-0.2, -0.15) is 0 Å². The second kappa shape index (κ2) is 7.88. The minimum absolute atomic E-state index is 0.134. The summed E-state index contributed by atoms with van der Waals surface area (Å²) in [5.41, 5.74) is 0.801. The fourth-order valence-electron chi connectivity index (χ4n) is 2.49. The van der Waals surface area contributed by atoms with Crippen LogP contribution in [0.15, 0.2) is 34.7 Å². The molecule has 0 spiro atoms. The number of furan rings is 1. The van der Waals surface area contributed by atoms with Gasteiger partial charge >= 0.3 is 0 Å². The minimum atomic E-state index is 0.134. The molecule has 2 rings (SSSR count). The first-order valence-electron chi connectivity index (χ1n) is 7.83. The van der Waals surface area contributed by atoms with Gasteiger partial charge in [-0.05, 0) is 18.6 Å². The quantitative estimate of drug-likeness (QED) is 0.429. The van der Waals surface area contributed by atoms with Crippen molar-refractivity contribution in [1.29, 1.82) is 0 Å². The van der Waals surface area contributed by atoms with Crippen LogP contribution in [0.1, 0.15) is 68.8 Å². The second-order valence-electron chi connectivity index (χ2n) is 5.44. The van der Waals surface area contributed by atoms with Crippen molar-refractivity contribution in [3.63, 3.8) is 0 Å². The standard InChI is InChI=1S/C18H24O2/c1-2-3-4-5-6-7-8-12-16(19)18-14-15-11-9-10-13-17(15)20-18/h9-11,13-14H,2-8,12H2,1H3. The Morgan fingerprint density at radius 3 is 2.45 bits per heavy atom. The van der Waals surface area contributed by atoms with Gasteiger partial charge in [0.15, 0.2) is 11.5 Å². The average Bonchev–Trinajstić information content (AvgIpc) is 2.90. The van der Waals surface area contributed by atoms with Crippen molar-refractivity contribution in [2.75, 3.05) is 0 Å². The molecule has 1 aromatic carbocycles. The molecule has 2 heteroatoms. The lowest BCUT2D eigenvalue weighted by molar-refractivity contribution is 0.0954. The van der Waals surface area contributed by atoms with E-state index in [9.17, 15) is 4.79 Å². The number of hydrogen-bond donors (Lipinski definition) is 0. The van der Waals surface area contributed by atoms with Crippen molar-refractivity contribution in [1.82, 2.24) is 0 Å². The molecule has 108 valence electrons. The van der Waals surface area contributed by atoms with Gasteiger partial charge in [-0.15, -0.1) is 0 Å². The first-order chi connectivity index (χ1) is 9.81. The molecule has 0 N–H and O–H groups in total. The van der Waals surface area contributed by atoms with Crippen molar-refractivity contribution in [2.24, 2.45) is 0 Å². The summed E-state index contributed by atoms with van der Waals surface area (Å²) in [7, 11) is 0. The van der Waals surface area contributed by atoms with Crippen LogP contribution in [0, 0.1) is 0 Å². The molecule has 0 radical (unpaired) electrons. The third-order valence-electron chi connectivity index (χ3n) is 3.71. The van der Waals surface area contributed by atoms with E-state index in [1.807, 2.05) is 30.3 Å². The lowest BCUT2D eigenvalue weighted by Crippen LogP contribution is -1.96. The SMILES string of the molecule is CCCCCCCCCC(=O)c1cc2ccccc2o1. The van der Waals surface area contributed by atoms with Gasteiger partial charge in [-0.25, -0.2) is 0 Å². The second-order valence-corrected chi connectivity index (χ2v) is 5.44. The monoisotopic (exact) mass is 272 g/mol. The smallest absolute Gasteiger partial charge is 0.198 e. The molecule has 20 heavy (non-hydrogen) atoms. The summed E-state index contributed by atoms with van der Waals surface area (Å²) in [5, 5.41) is 1.01. The number of fused-ring (bicyclic) bond motifs is 1. The van der Waals surface area contributed by atoms with Crippen LogP contribution >= 0.6 is 0 Å². The van der Waals surface area contributed by atoms with Crippen LogP contribution in [0.4, 0.5) is 0 Å². The van der Waals surface area contributed by atoms with Gasteiger partial charge in [0.05, 0.1) is 0 Å². The average molecular weight is 272 g/mol. The molecule has 0 aliphatic heterocycles. The van der Waals surface area contributed by atoms with Crippen molar-refractivity contribution < 1.29 is 9.21 Å². The lowest BCUT2D eigenvalue weighted by atomic mass is 10.1. The van der Waals surface area contributed by atoms with Crippen molar-refractivity contribution in [3.8, 4) is 0 Å². The van der Waals surface area contributed by atoms with E-state index in [0.29, 0.717) is 12.2 Å². The Balaban J connectivity index is 1.72. The Morgan fingerprint density at radius 1 is 1.00 bits per heavy atom. The summed E-state index contributed by atoms with van der Waals surface area (Å²) < 4.78 is 5.59. The fourth-order valence-corrected chi connectivity index (χ4v) is 2.49. The summed E-state index contributed by atoms with van der Waals surface area (Å²) in [5.74, 6) is 0.645. The van der Waals surface area contributed by atoms with E-state index in [0.717, 1.165) is 23.8 Å². The molecule has 2 aromatic rings. The highest BCUT2D eigenvalue weighted by Gasteiger charge is 2.11. The molecule has 0 fully saturated rings. The Hall–Kier alpha value is -1.57. The van der Waals surface area contributed by atoms with Gasteiger partial charge in [0.1, 0.15) is 5.58 Å². The number of Topliss-reactive ketones (excluding diaryl/α,β-unsaturated/α-hetero) is 1. The van der Waals surface area contributed by atoms with Crippen LogP contribution in [-0.2, 0) is 0 Å². The molecule has 0 aliphatic carbocycles. The highest BCUT2D eigenvalue weighted by molar-refractivity contribution is 5.97. The van der Waals surface area contributed by atoms with E-state index in [-0.39, 0.29) is 5.78 Å². The van der Waals surface area contributed by atoms with Crippen LogP contribution in [0.25, 0.3) is 11.0 Å². The van der Waals surface area contributed by atoms with Crippen LogP contribution in [-0.4, -0.2) is 5.78 Å². The van der Waals surface area contributed by atoms with E-state index in [2.05, 4.69) is 6.92 Å². The predicted octanol–water partition coefficient (Wildman–Crippen LogP) is 5.76. The van der Waals surface area contributed by atoms with Crippen LogP contribution in [0.2, 0.25) is 0 Å². The number of unbranched alkanes of at least 4 members (excludes halogenated alkanes) is 6. The van der Waals surface area contributed by atoms with Crippen LogP contribution < -0.4 is 0 Å². The predicted molar refractivity (Wildman–Crippen MR) is 83.2 cm³/mol. The van der Waals surface area contributed by atoms with Crippen molar-refractivity contribution in [2.45, 2.75) is 58.3 Å². The lowest BCUT2D eigenvalue weighted by Gasteiger charge is -2.00. The van der Waals surface area contributed by atoms with Gasteiger partial charge in [0.25, 0.3) is 0 Å². The van der Waals surface area contributed by atoms with Crippen LogP contribution in [0.5, 0.6) is 0 Å². The summed E-state index contributed by atoms with van der Waals surface area (Å²) in [6, 6.07) is 9.63. The van der Waals surface area contributed by atoms with Crippen LogP contribution in [0.3, 0.4) is 0 Å². The maximum absolute atomic E-state index is 12.1. The number of rotatable bonds is 9. The molecule has 2 nitrogen and oxygen atoms in total. The van der Waals surface area contributed by atoms with E-state index in [4.69, 9.17) is 4.42 Å². The van der Waals surface area contributed by atoms with Gasteiger partial charge in [0, 0.05) is 11.8 Å². The first kappa shape index (κ1) is 14.8. The molecule has 0 atom stereocenters. The largest absolute Gasteiger partial charge is 0.453 e. The van der Waals surface area contributed by atoms with Gasteiger partial charge in [0.2, 0.25) is 0 Å². The summed E-state index contributed by atoms with van der Waals surface area (Å²) in [6.45, 7) is 2.23. The van der Waals surface area contributed by atoms with E-state index in [1.165, 1.54) is 32.1 Å². The topological polar surface area (TPSA) is 30.2 Å². The van der Waals surface area contributed by atoms with Crippen molar-refractivity contribution >= 4 is 16.8 Å². The fraction of sp³-hybridized carbons (Fsp3) is 0.500. The number of hydrogen-bond acceptors (Lipinski definition) is 2. The summed E-state index contributed by atoms with van der Waals surface area (Å²) in [4.78, 5) is 12.1. The Kier molecular flexibility index (Phi) is 5.85. The molecule has 0 unspecified atom stereocenters. The molecule has 0 bridgehead atoms. The summed E-state index contributed by atoms with van der Waals surface area (Å²) >= 11 is 0. The first-order valence-corrected chi connectivity index (χ1v) is 7.83. The highest BCUT2D eigenvalue weighted by Crippen LogP contribution is 2.20. The summed E-state index contributed by atoms with van der Waals surface area (Å²) in [6.07, 6.45) is 9.21. The number of carbonyl (C=O) groups is 1. The zero-order chi connectivity index (χ0) is 14.2. The Morgan fingerprint density at radius 2 is 1.70 bits per heavy atom. The Labute approximate surface area is 121 Å². The third-order valence-corrected chi connectivity index (χ3v) is 3.71. The molecule has 1 aromatic heterocycles. The zero-order valence-electron chi connectivity index (χ0n) is 12.4. The normalized spacial score (nSPS) is 11.1. The third kappa shape index (κ3) is 4.22. The molecule has 0 saturated carbocycles. The highest BCUT2D eigenvalue weighted by atomic mass is 16.3. The Bertz CT molecular complexity index is 506. The minimum Gasteiger partial charge on any atom is -0.453 e. The zero-order valence-corrected chi connectivity index (χ0v) is 12.4. The molecule has 0 aliphatic rings. The molecular weight excluding hydrogens is 248 g/mol. The van der Waals surface area contributed by atoms with E-state index in [1.54, 1.807) is 0 Å². The van der Waals surface area contributed by atoms with Gasteiger partial charge < -0.3 is 4.42 Å². The molecule has 0 saturated heterocycles. The molecule has 1 heterocycles. The van der Waals surface area contributed by atoms with Gasteiger partial charge in [-0.3, -0.25) is 4.79 Å². The number of benzene rings is 1. The van der Waals surface area contributed by atoms with Crippen molar-refractivity contribution in [3.05, 3.63) is 36.1 Å². The number of ketones is 1. The van der Waals surface area contributed by atoms with Gasteiger partial charge in [-0.1, -0.05) is 63.6 Å².